The summed E-state index contributed by atoms with van der Waals surface area (Å²) in [4.78, 5) is 4.65. The lowest BCUT2D eigenvalue weighted by atomic mass is 10.1. The Balaban J connectivity index is 2.07. The van der Waals surface area contributed by atoms with E-state index in [0.717, 1.165) is 39.9 Å². The Kier molecular flexibility index (Phi) is 3.68. The first-order valence-electron chi connectivity index (χ1n) is 7.46. The maximum atomic E-state index is 6.09. The van der Waals surface area contributed by atoms with Gasteiger partial charge in [0.2, 0.25) is 0 Å². The van der Waals surface area contributed by atoms with E-state index in [2.05, 4.69) is 31.0 Å². The summed E-state index contributed by atoms with van der Waals surface area (Å²) in [6, 6.07) is 10.1. The average Bonchev–Trinajstić information content (AvgIpc) is 2.91. The van der Waals surface area contributed by atoms with Crippen LogP contribution in [0.3, 0.4) is 0 Å². The van der Waals surface area contributed by atoms with Gasteiger partial charge in [-0.2, -0.15) is 0 Å². The number of hydrogen-bond donors (Lipinski definition) is 0. The number of aryl methyl sites for hydroxylation is 1. The highest BCUT2D eigenvalue weighted by atomic mass is 16.5. The molecule has 0 amide bonds. The van der Waals surface area contributed by atoms with Crippen LogP contribution in [0.15, 0.2) is 34.7 Å². The van der Waals surface area contributed by atoms with E-state index < -0.39 is 0 Å². The predicted molar refractivity (Wildman–Crippen MR) is 85.5 cm³/mol. The molecule has 2 aromatic heterocycles. The Morgan fingerprint density at radius 1 is 1.14 bits per heavy atom. The van der Waals surface area contributed by atoms with Crippen molar-refractivity contribution in [2.24, 2.45) is 5.92 Å². The van der Waals surface area contributed by atoms with Gasteiger partial charge < -0.3 is 9.15 Å². The topological polar surface area (TPSA) is 35.3 Å². The van der Waals surface area contributed by atoms with E-state index in [1.54, 1.807) is 0 Å². The Labute approximate surface area is 124 Å². The van der Waals surface area contributed by atoms with Crippen LogP contribution in [-0.4, -0.2) is 11.6 Å². The van der Waals surface area contributed by atoms with Gasteiger partial charge in [-0.3, -0.25) is 4.98 Å². The third-order valence-electron chi connectivity index (χ3n) is 3.66. The summed E-state index contributed by atoms with van der Waals surface area (Å²) >= 11 is 0. The van der Waals surface area contributed by atoms with Crippen LogP contribution in [0.25, 0.3) is 21.9 Å². The molecule has 3 aromatic rings. The second-order valence-electron chi connectivity index (χ2n) is 5.98. The fraction of sp³-hybridized carbons (Fsp3) is 0.389. The summed E-state index contributed by atoms with van der Waals surface area (Å²) in [6.45, 7) is 9.08. The second kappa shape index (κ2) is 5.49. The highest BCUT2D eigenvalue weighted by Gasteiger charge is 2.16. The van der Waals surface area contributed by atoms with Gasteiger partial charge in [0.1, 0.15) is 17.4 Å². The molecular formula is C18H21NO2. The normalized spacial score (nSPS) is 13.4. The third kappa shape index (κ3) is 2.66. The Morgan fingerprint density at radius 3 is 2.67 bits per heavy atom. The van der Waals surface area contributed by atoms with E-state index in [1.807, 2.05) is 32.0 Å². The number of rotatable bonds is 4. The van der Waals surface area contributed by atoms with E-state index in [0.29, 0.717) is 5.92 Å². The van der Waals surface area contributed by atoms with Crippen molar-refractivity contribution in [2.75, 3.05) is 6.61 Å². The Hall–Kier alpha value is -1.87. The molecule has 0 N–H and O–H groups in total. The molecule has 0 bridgehead atoms. The fourth-order valence-corrected chi connectivity index (χ4v) is 2.50. The van der Waals surface area contributed by atoms with E-state index in [-0.39, 0.29) is 6.10 Å². The van der Waals surface area contributed by atoms with Crippen molar-refractivity contribution in [1.82, 2.24) is 4.98 Å². The Bertz CT molecular complexity index is 773. The standard InChI is InChI=1S/C18H21NO2/c1-11(2)10-20-13(4)17-9-15-12(3)19-16-8-6-5-7-14(16)18(15)21-17/h5-9,11,13H,10H2,1-4H3. The molecule has 3 rings (SSSR count). The molecule has 0 saturated carbocycles. The van der Waals surface area contributed by atoms with Gasteiger partial charge in [-0.25, -0.2) is 0 Å². The highest BCUT2D eigenvalue weighted by molar-refractivity contribution is 6.03. The third-order valence-corrected chi connectivity index (χ3v) is 3.66. The van der Waals surface area contributed by atoms with Gasteiger partial charge in [0.05, 0.1) is 5.52 Å². The molecule has 0 aliphatic rings. The molecule has 2 heterocycles. The zero-order valence-corrected chi connectivity index (χ0v) is 13.0. The molecule has 1 unspecified atom stereocenters. The molecule has 1 atom stereocenters. The lowest BCUT2D eigenvalue weighted by molar-refractivity contribution is 0.0346. The minimum atomic E-state index is -0.0436. The van der Waals surface area contributed by atoms with E-state index in [9.17, 15) is 0 Å². The van der Waals surface area contributed by atoms with E-state index in [4.69, 9.17) is 9.15 Å². The highest BCUT2D eigenvalue weighted by Crippen LogP contribution is 2.32. The van der Waals surface area contributed by atoms with E-state index in [1.165, 1.54) is 0 Å². The minimum Gasteiger partial charge on any atom is -0.458 e. The maximum absolute atomic E-state index is 6.09. The second-order valence-corrected chi connectivity index (χ2v) is 5.98. The molecule has 0 spiro atoms. The number of nitrogens with zero attached hydrogens (tertiary/aromatic N) is 1. The van der Waals surface area contributed by atoms with Crippen LogP contribution >= 0.6 is 0 Å². The number of pyridine rings is 1. The van der Waals surface area contributed by atoms with Crippen LogP contribution in [0.2, 0.25) is 0 Å². The molecule has 21 heavy (non-hydrogen) atoms. The molecule has 0 aliphatic carbocycles. The van der Waals surface area contributed by atoms with Gasteiger partial charge in [-0.05, 0) is 38.0 Å². The van der Waals surface area contributed by atoms with Crippen LogP contribution < -0.4 is 0 Å². The Morgan fingerprint density at radius 2 is 1.90 bits per heavy atom. The summed E-state index contributed by atoms with van der Waals surface area (Å²) in [5.41, 5.74) is 2.88. The zero-order chi connectivity index (χ0) is 15.0. The maximum Gasteiger partial charge on any atom is 0.145 e. The quantitative estimate of drug-likeness (QED) is 0.674. The molecule has 3 heteroatoms. The molecule has 3 nitrogen and oxygen atoms in total. The SMILES string of the molecule is Cc1nc2ccccc2c2oc(C(C)OCC(C)C)cc12. The number of aromatic nitrogens is 1. The van der Waals surface area contributed by atoms with Gasteiger partial charge in [0.15, 0.2) is 0 Å². The van der Waals surface area contributed by atoms with Crippen molar-refractivity contribution in [3.8, 4) is 0 Å². The fourth-order valence-electron chi connectivity index (χ4n) is 2.50. The first kappa shape index (κ1) is 14.1. The van der Waals surface area contributed by atoms with Crippen molar-refractivity contribution in [1.29, 1.82) is 0 Å². The molecular weight excluding hydrogens is 262 g/mol. The number of benzene rings is 1. The average molecular weight is 283 g/mol. The summed E-state index contributed by atoms with van der Waals surface area (Å²) in [5.74, 6) is 1.38. The van der Waals surface area contributed by atoms with Crippen LogP contribution in [-0.2, 0) is 4.74 Å². The number of ether oxygens (including phenoxy) is 1. The van der Waals surface area contributed by atoms with E-state index >= 15 is 0 Å². The van der Waals surface area contributed by atoms with Gasteiger partial charge in [-0.1, -0.05) is 26.0 Å². The van der Waals surface area contributed by atoms with Gasteiger partial charge >= 0.3 is 0 Å². The number of para-hydroxylation sites is 1. The monoisotopic (exact) mass is 283 g/mol. The van der Waals surface area contributed by atoms with Crippen molar-refractivity contribution >= 4 is 21.9 Å². The summed E-state index contributed by atoms with van der Waals surface area (Å²) < 4.78 is 11.9. The van der Waals surface area contributed by atoms with Gasteiger partial charge in [0, 0.05) is 23.1 Å². The summed E-state index contributed by atoms with van der Waals surface area (Å²) in [7, 11) is 0. The van der Waals surface area contributed by atoms with Crippen LogP contribution in [0.1, 0.15) is 38.3 Å². The van der Waals surface area contributed by atoms with Crippen LogP contribution in [0.4, 0.5) is 0 Å². The first-order chi connectivity index (χ1) is 10.1. The largest absolute Gasteiger partial charge is 0.458 e. The van der Waals surface area contributed by atoms with Gasteiger partial charge in [-0.15, -0.1) is 0 Å². The smallest absolute Gasteiger partial charge is 0.145 e. The summed E-state index contributed by atoms with van der Waals surface area (Å²) in [6.07, 6.45) is -0.0436. The molecule has 110 valence electrons. The number of hydrogen-bond acceptors (Lipinski definition) is 3. The molecule has 0 radical (unpaired) electrons. The molecule has 1 aromatic carbocycles. The van der Waals surface area contributed by atoms with Crippen molar-refractivity contribution in [2.45, 2.75) is 33.8 Å². The lowest BCUT2D eigenvalue weighted by Crippen LogP contribution is -2.05. The van der Waals surface area contributed by atoms with Crippen molar-refractivity contribution < 1.29 is 9.15 Å². The molecule has 0 saturated heterocycles. The minimum absolute atomic E-state index is 0.0436. The zero-order valence-electron chi connectivity index (χ0n) is 13.0. The number of furan rings is 1. The van der Waals surface area contributed by atoms with Crippen molar-refractivity contribution in [3.63, 3.8) is 0 Å². The van der Waals surface area contributed by atoms with Crippen LogP contribution in [0, 0.1) is 12.8 Å². The molecule has 0 aliphatic heterocycles. The van der Waals surface area contributed by atoms with Crippen molar-refractivity contribution in [3.05, 3.63) is 41.8 Å². The van der Waals surface area contributed by atoms with Crippen LogP contribution in [0.5, 0.6) is 0 Å². The van der Waals surface area contributed by atoms with Gasteiger partial charge in [0.25, 0.3) is 0 Å². The number of fused-ring (bicyclic) bond motifs is 3. The lowest BCUT2D eigenvalue weighted by Gasteiger charge is -2.12. The molecule has 0 fully saturated rings. The summed E-state index contributed by atoms with van der Waals surface area (Å²) in [5, 5.41) is 2.13. The first-order valence-corrected chi connectivity index (χ1v) is 7.46. The predicted octanol–water partition coefficient (Wildman–Crippen LogP) is 5.02.